The van der Waals surface area contributed by atoms with Crippen LogP contribution in [0.25, 0.3) is 0 Å². The average Bonchev–Trinajstić information content (AvgIpc) is 2.94. The minimum absolute atomic E-state index is 0.0345. The summed E-state index contributed by atoms with van der Waals surface area (Å²) in [6, 6.07) is 0. The van der Waals surface area contributed by atoms with Crippen LogP contribution in [0.5, 0.6) is 0 Å². The summed E-state index contributed by atoms with van der Waals surface area (Å²) in [7, 11) is 0. The van der Waals surface area contributed by atoms with Crippen LogP contribution >= 0.6 is 35.6 Å². The zero-order valence-electron chi connectivity index (χ0n) is 24.2. The molecule has 0 fully saturated rings. The van der Waals surface area contributed by atoms with Crippen molar-refractivity contribution in [1.82, 2.24) is 0 Å². The van der Waals surface area contributed by atoms with Gasteiger partial charge in [-0.25, -0.2) is 18.4 Å². The van der Waals surface area contributed by atoms with E-state index in [1.807, 2.05) is 0 Å². The summed E-state index contributed by atoms with van der Waals surface area (Å²) in [5, 5.41) is 11.9. The van der Waals surface area contributed by atoms with Crippen molar-refractivity contribution >= 4 is 35.6 Å². The number of rotatable bonds is 27. The highest BCUT2D eigenvalue weighted by atomic mass is 32.2. The van der Waals surface area contributed by atoms with Gasteiger partial charge in [-0.05, 0) is 24.3 Å². The highest BCUT2D eigenvalue weighted by Gasteiger charge is 2.27. The summed E-state index contributed by atoms with van der Waals surface area (Å²) in [6.07, 6.45) is 24.0. The van der Waals surface area contributed by atoms with E-state index >= 15 is 8.78 Å². The second-order valence-electron chi connectivity index (χ2n) is 10.2. The van der Waals surface area contributed by atoms with Crippen LogP contribution in [0.2, 0.25) is 0 Å². The van der Waals surface area contributed by atoms with E-state index in [0.29, 0.717) is 11.5 Å². The Bertz CT molecular complexity index is 741. The number of hydrogen-bond donors (Lipinski definition) is 1. The first-order chi connectivity index (χ1) is 19.1. The van der Waals surface area contributed by atoms with E-state index in [-0.39, 0.29) is 21.8 Å². The third-order valence-electron chi connectivity index (χ3n) is 6.83. The lowest BCUT2D eigenvalue weighted by molar-refractivity contribution is -0.432. The molecule has 0 bridgehead atoms. The third-order valence-corrected chi connectivity index (χ3v) is 9.95. The molecule has 1 rings (SSSR count). The van der Waals surface area contributed by atoms with E-state index in [2.05, 4.69) is 23.2 Å². The Kier molecular flexibility index (Phi) is 24.3. The molecular formula is C30H51F3O3S3. The van der Waals surface area contributed by atoms with Gasteiger partial charge < -0.3 is 0 Å². The molecule has 0 spiro atoms. The van der Waals surface area contributed by atoms with Crippen molar-refractivity contribution in [2.75, 3.05) is 11.5 Å². The van der Waals surface area contributed by atoms with Gasteiger partial charge >= 0.3 is 0 Å². The Morgan fingerprint density at radius 3 is 1.21 bits per heavy atom. The van der Waals surface area contributed by atoms with Gasteiger partial charge in [0, 0.05) is 0 Å². The van der Waals surface area contributed by atoms with Crippen LogP contribution in [0.3, 0.4) is 0 Å². The second kappa shape index (κ2) is 25.6. The van der Waals surface area contributed by atoms with Gasteiger partial charge in [0.2, 0.25) is 0 Å². The van der Waals surface area contributed by atoms with Crippen LogP contribution in [-0.2, 0) is 9.37 Å². The van der Waals surface area contributed by atoms with Crippen molar-refractivity contribution in [3.8, 4) is 0 Å². The number of benzene rings is 1. The molecule has 0 radical (unpaired) electrons. The maximum absolute atomic E-state index is 15.2. The Hall–Kier alpha value is -0.0600. The molecule has 3 nitrogen and oxygen atoms in total. The summed E-state index contributed by atoms with van der Waals surface area (Å²) in [5.41, 5.74) is 0. The van der Waals surface area contributed by atoms with Crippen molar-refractivity contribution in [2.24, 2.45) is 0 Å². The monoisotopic (exact) mass is 612 g/mol. The van der Waals surface area contributed by atoms with Crippen LogP contribution < -0.4 is 0 Å². The number of thioether (sulfide) groups is 2. The van der Waals surface area contributed by atoms with Gasteiger partial charge in [-0.2, -0.15) is 0 Å². The van der Waals surface area contributed by atoms with E-state index in [9.17, 15) is 4.39 Å². The smallest absolute Gasteiger partial charge is 0.179 e. The van der Waals surface area contributed by atoms with Gasteiger partial charge in [0.1, 0.15) is 4.90 Å². The Morgan fingerprint density at radius 2 is 0.821 bits per heavy atom. The minimum atomic E-state index is -1.32. The topological polar surface area (TPSA) is 38.7 Å². The van der Waals surface area contributed by atoms with Crippen molar-refractivity contribution in [2.45, 2.75) is 157 Å². The van der Waals surface area contributed by atoms with Gasteiger partial charge in [0.25, 0.3) is 0 Å². The predicted molar refractivity (Wildman–Crippen MR) is 162 cm³/mol. The first-order valence-corrected chi connectivity index (χ1v) is 17.9. The maximum Gasteiger partial charge on any atom is 0.179 e. The highest BCUT2D eigenvalue weighted by molar-refractivity contribution is 8.02. The van der Waals surface area contributed by atoms with Gasteiger partial charge in [-0.1, -0.05) is 134 Å². The second-order valence-corrected chi connectivity index (χ2v) is 13.1. The van der Waals surface area contributed by atoms with Gasteiger partial charge in [0.15, 0.2) is 17.5 Å². The van der Waals surface area contributed by atoms with E-state index < -0.39 is 22.3 Å². The SMILES string of the molecule is CCCCCCCCCCCCSc1c(F)c(F)c(SOOO)c(F)c1SCCCCCCCCCCCC. The summed E-state index contributed by atoms with van der Waals surface area (Å²) < 4.78 is 49.1. The minimum Gasteiger partial charge on any atom is -0.220 e. The largest absolute Gasteiger partial charge is 0.220 e. The van der Waals surface area contributed by atoms with Crippen LogP contribution in [0.4, 0.5) is 13.2 Å². The summed E-state index contributed by atoms with van der Waals surface area (Å²) in [4.78, 5) is -0.492. The molecule has 0 amide bonds. The van der Waals surface area contributed by atoms with Crippen LogP contribution in [0.1, 0.15) is 142 Å². The molecule has 0 unspecified atom stereocenters. The fraction of sp³-hybridized carbons (Fsp3) is 0.800. The van der Waals surface area contributed by atoms with Gasteiger partial charge in [0.05, 0.1) is 21.8 Å². The fourth-order valence-electron chi connectivity index (χ4n) is 4.51. The lowest BCUT2D eigenvalue weighted by Gasteiger charge is -2.15. The normalized spacial score (nSPS) is 11.5. The molecule has 0 aliphatic heterocycles. The number of unbranched alkanes of at least 4 members (excludes halogenated alkanes) is 18. The Morgan fingerprint density at radius 1 is 0.487 bits per heavy atom. The zero-order valence-corrected chi connectivity index (χ0v) is 26.6. The summed E-state index contributed by atoms with van der Waals surface area (Å²) in [5.74, 6) is -2.00. The molecule has 0 atom stereocenters. The van der Waals surface area contributed by atoms with Crippen LogP contribution in [0.15, 0.2) is 14.7 Å². The van der Waals surface area contributed by atoms with Crippen molar-refractivity contribution < 1.29 is 27.8 Å². The van der Waals surface area contributed by atoms with Crippen LogP contribution in [0, 0.1) is 17.5 Å². The van der Waals surface area contributed by atoms with E-state index in [0.717, 1.165) is 38.5 Å². The molecule has 0 saturated heterocycles. The number of halogens is 3. The van der Waals surface area contributed by atoms with Gasteiger partial charge in [-0.15, -0.1) is 27.9 Å². The molecule has 9 heteroatoms. The standard InChI is InChI=1S/C30H51F3O3S3/c1-3-5-7-9-11-13-15-17-19-21-23-37-29-26(32)25(31)28(39-36-35-34)27(33)30(29)38-24-22-20-18-16-14-12-10-8-6-4-2/h34H,3-24H2,1-2H3. The van der Waals surface area contributed by atoms with Crippen LogP contribution in [-0.4, -0.2) is 16.8 Å². The molecular weight excluding hydrogens is 562 g/mol. The van der Waals surface area contributed by atoms with Crippen molar-refractivity contribution in [1.29, 1.82) is 0 Å². The Balaban J connectivity index is 2.52. The molecule has 0 heterocycles. The highest BCUT2D eigenvalue weighted by Crippen LogP contribution is 2.42. The van der Waals surface area contributed by atoms with E-state index in [4.69, 9.17) is 5.26 Å². The molecule has 39 heavy (non-hydrogen) atoms. The molecule has 0 aliphatic carbocycles. The average molecular weight is 613 g/mol. The van der Waals surface area contributed by atoms with E-state index in [1.54, 1.807) is 0 Å². The first-order valence-electron chi connectivity index (χ1n) is 15.2. The Labute approximate surface area is 248 Å². The third kappa shape index (κ3) is 16.8. The zero-order chi connectivity index (χ0) is 28.6. The lowest BCUT2D eigenvalue weighted by Crippen LogP contribution is -2.02. The maximum atomic E-state index is 15.2. The molecule has 1 N–H and O–H groups in total. The molecule has 1 aromatic rings. The van der Waals surface area contributed by atoms with Gasteiger partial charge in [-0.3, -0.25) is 0 Å². The molecule has 0 saturated carbocycles. The first kappa shape index (κ1) is 37.0. The quantitative estimate of drug-likeness (QED) is 0.0266. The predicted octanol–water partition coefficient (Wildman–Crippen LogP) is 12.6. The molecule has 1 aromatic carbocycles. The fourth-order valence-corrected chi connectivity index (χ4v) is 7.35. The molecule has 0 aromatic heterocycles. The molecule has 0 aliphatic rings. The summed E-state index contributed by atoms with van der Waals surface area (Å²) in [6.45, 7) is 4.45. The summed E-state index contributed by atoms with van der Waals surface area (Å²) >= 11 is 2.55. The van der Waals surface area contributed by atoms with Crippen molar-refractivity contribution in [3.05, 3.63) is 17.5 Å². The number of hydrogen-bond acceptors (Lipinski definition) is 6. The van der Waals surface area contributed by atoms with E-state index in [1.165, 1.54) is 113 Å². The lowest BCUT2D eigenvalue weighted by atomic mass is 10.1. The van der Waals surface area contributed by atoms with Crippen molar-refractivity contribution in [3.63, 3.8) is 0 Å². The molecule has 228 valence electrons.